The lowest BCUT2D eigenvalue weighted by Crippen LogP contribution is -2.51. The van der Waals surface area contributed by atoms with E-state index < -0.39 is 18.2 Å². The molecule has 2 aromatic carbocycles. The Labute approximate surface area is 304 Å². The summed E-state index contributed by atoms with van der Waals surface area (Å²) in [5.41, 5.74) is 7.34. The first-order valence-corrected chi connectivity index (χ1v) is 17.8. The van der Waals surface area contributed by atoms with Gasteiger partial charge in [0.15, 0.2) is 0 Å². The maximum atomic E-state index is 13.6. The van der Waals surface area contributed by atoms with Crippen molar-refractivity contribution in [3.8, 4) is 23.1 Å². The summed E-state index contributed by atoms with van der Waals surface area (Å²) in [4.78, 5) is 58.8. The van der Waals surface area contributed by atoms with Crippen LogP contribution in [0.15, 0.2) is 72.0 Å². The number of nitrogens with one attached hydrogen (secondary N) is 3. The second kappa shape index (κ2) is 14.9. The second-order valence-corrected chi connectivity index (χ2v) is 14.6. The van der Waals surface area contributed by atoms with E-state index in [1.54, 1.807) is 4.90 Å². The van der Waals surface area contributed by atoms with Crippen molar-refractivity contribution >= 4 is 28.9 Å². The number of carbonyl (C=O) groups excluding carboxylic acids is 3. The molecule has 270 valence electrons. The maximum Gasteiger partial charge on any atom is 0.407 e. The molecule has 3 N–H and O–H groups in total. The molecule has 0 unspecified atom stereocenters. The monoisotopic (exact) mass is 701 g/mol. The standard InChI is InChI=1S/C41H47N7O4/c1-23(2)27(7)39(49)47-21-25(5)17-34(47)37-42-20-33(45-37)30-14-11-28(12-15-30)9-10-29-13-16-31-32(19-29)44-38(43-31)35-18-26(6)22-48(35)40(50)36(24(3)4)46-41(51)52-8/h11-20,23-24,27,34-36H,21-22H2,1-8H3,(H,42,45)(H,43,44)(H,46,51)/t27-,34-,35-,36-/m0/s1. The Morgan fingerprint density at radius 1 is 0.827 bits per heavy atom. The third-order valence-corrected chi connectivity index (χ3v) is 9.95. The summed E-state index contributed by atoms with van der Waals surface area (Å²) in [5, 5.41) is 2.69. The average molecular weight is 702 g/mol. The number of ether oxygens (including phenoxy) is 1. The second-order valence-electron chi connectivity index (χ2n) is 14.6. The molecule has 4 atom stereocenters. The first-order valence-electron chi connectivity index (χ1n) is 17.8. The molecule has 11 heteroatoms. The molecule has 6 rings (SSSR count). The Bertz CT molecular complexity index is 2110. The number of imidazole rings is 2. The Hall–Kier alpha value is -5.63. The van der Waals surface area contributed by atoms with Crippen LogP contribution < -0.4 is 5.32 Å². The van der Waals surface area contributed by atoms with Crippen LogP contribution in [0.2, 0.25) is 0 Å². The topological polar surface area (TPSA) is 136 Å². The molecule has 2 aliphatic heterocycles. The highest BCUT2D eigenvalue weighted by atomic mass is 16.5. The van der Waals surface area contributed by atoms with Gasteiger partial charge < -0.3 is 29.8 Å². The van der Waals surface area contributed by atoms with Gasteiger partial charge in [-0.25, -0.2) is 14.8 Å². The van der Waals surface area contributed by atoms with Crippen molar-refractivity contribution in [3.63, 3.8) is 0 Å². The van der Waals surface area contributed by atoms with Crippen LogP contribution in [0.5, 0.6) is 0 Å². The highest BCUT2D eigenvalue weighted by molar-refractivity contribution is 5.87. The van der Waals surface area contributed by atoms with Crippen LogP contribution in [0, 0.1) is 29.6 Å². The molecule has 0 saturated heterocycles. The fourth-order valence-electron chi connectivity index (χ4n) is 6.62. The van der Waals surface area contributed by atoms with Gasteiger partial charge in [-0.3, -0.25) is 9.59 Å². The number of H-pyrrole nitrogens is 2. The molecule has 2 aromatic heterocycles. The molecule has 11 nitrogen and oxygen atoms in total. The Morgan fingerprint density at radius 2 is 1.44 bits per heavy atom. The minimum atomic E-state index is -0.730. The molecule has 52 heavy (non-hydrogen) atoms. The first-order chi connectivity index (χ1) is 24.8. The number of aromatic amines is 2. The number of hydrogen-bond donors (Lipinski definition) is 3. The molecule has 4 aromatic rings. The quantitative estimate of drug-likeness (QED) is 0.139. The van der Waals surface area contributed by atoms with Gasteiger partial charge in [0.1, 0.15) is 29.8 Å². The van der Waals surface area contributed by atoms with Gasteiger partial charge in [-0.05, 0) is 61.6 Å². The summed E-state index contributed by atoms with van der Waals surface area (Å²) < 4.78 is 4.76. The highest BCUT2D eigenvalue weighted by Gasteiger charge is 2.37. The van der Waals surface area contributed by atoms with Crippen LogP contribution in [0.4, 0.5) is 4.79 Å². The van der Waals surface area contributed by atoms with Crippen molar-refractivity contribution in [1.29, 1.82) is 0 Å². The van der Waals surface area contributed by atoms with Crippen LogP contribution in [-0.2, 0) is 14.3 Å². The summed E-state index contributed by atoms with van der Waals surface area (Å²) >= 11 is 0. The molecule has 0 aliphatic carbocycles. The number of alkyl carbamates (subject to hydrolysis) is 1. The van der Waals surface area contributed by atoms with Crippen LogP contribution in [-0.4, -0.2) is 73.9 Å². The van der Waals surface area contributed by atoms with Gasteiger partial charge in [-0.1, -0.05) is 81.9 Å². The van der Waals surface area contributed by atoms with Gasteiger partial charge >= 0.3 is 6.09 Å². The van der Waals surface area contributed by atoms with Gasteiger partial charge in [0.25, 0.3) is 0 Å². The fraction of sp³-hybridized carbons (Fsp3) is 0.390. The van der Waals surface area contributed by atoms with E-state index in [1.807, 2.05) is 87.3 Å². The lowest BCUT2D eigenvalue weighted by molar-refractivity contribution is -0.137. The van der Waals surface area contributed by atoms with Gasteiger partial charge in [-0.2, -0.15) is 0 Å². The summed E-state index contributed by atoms with van der Waals surface area (Å²) in [5.74, 6) is 7.95. The van der Waals surface area contributed by atoms with E-state index in [-0.39, 0.29) is 35.6 Å². The molecule has 0 fully saturated rings. The zero-order valence-electron chi connectivity index (χ0n) is 31.1. The zero-order valence-corrected chi connectivity index (χ0v) is 31.1. The summed E-state index contributed by atoms with van der Waals surface area (Å²) in [7, 11) is 1.28. The van der Waals surface area contributed by atoms with Crippen molar-refractivity contribution < 1.29 is 19.1 Å². The van der Waals surface area contributed by atoms with Crippen LogP contribution in [0.1, 0.15) is 83.3 Å². The normalized spacial score (nSPS) is 18.3. The Balaban J connectivity index is 1.16. The number of methoxy groups -OCH3 is 1. The number of nitrogens with zero attached hydrogens (tertiary/aromatic N) is 4. The zero-order chi connectivity index (χ0) is 37.3. The van der Waals surface area contributed by atoms with E-state index in [0.29, 0.717) is 18.9 Å². The van der Waals surface area contributed by atoms with E-state index >= 15 is 0 Å². The predicted molar refractivity (Wildman–Crippen MR) is 201 cm³/mol. The Morgan fingerprint density at radius 3 is 2.08 bits per heavy atom. The van der Waals surface area contributed by atoms with E-state index in [1.165, 1.54) is 7.11 Å². The first kappa shape index (κ1) is 36.2. The number of fused-ring (bicyclic) bond motifs is 1. The maximum absolute atomic E-state index is 13.6. The summed E-state index contributed by atoms with van der Waals surface area (Å²) in [6.45, 7) is 15.0. The SMILES string of the molecule is COC(=O)N[C@H](C(=O)N1CC(C)=C[C@H]1c1nc2ccc(C#Cc3ccc(-c4cnc([C@@H]5C=C(C)CN5C(=O)[C@@H](C)C(C)C)[nH]4)cc3)cc2[nH]1)C(C)C. The molecule has 2 aliphatic rings. The average Bonchev–Trinajstić information content (AvgIpc) is 3.94. The van der Waals surface area contributed by atoms with Crippen LogP contribution in [0.3, 0.4) is 0 Å². The van der Waals surface area contributed by atoms with Crippen molar-refractivity contribution in [2.75, 3.05) is 20.2 Å². The van der Waals surface area contributed by atoms with Crippen molar-refractivity contribution in [2.24, 2.45) is 17.8 Å². The molecule has 3 amide bonds. The van der Waals surface area contributed by atoms with E-state index in [0.717, 1.165) is 50.4 Å². The molecule has 0 saturated carbocycles. The van der Waals surface area contributed by atoms with Crippen molar-refractivity contribution in [3.05, 3.63) is 94.7 Å². The minimum absolute atomic E-state index is 0.0625. The number of benzene rings is 2. The number of carbonyl (C=O) groups is 3. The number of rotatable bonds is 8. The summed E-state index contributed by atoms with van der Waals surface area (Å²) in [6, 6.07) is 12.5. The lowest BCUT2D eigenvalue weighted by atomic mass is 9.96. The van der Waals surface area contributed by atoms with E-state index in [2.05, 4.69) is 59.0 Å². The van der Waals surface area contributed by atoms with E-state index in [4.69, 9.17) is 9.72 Å². The van der Waals surface area contributed by atoms with Crippen LogP contribution >= 0.6 is 0 Å². The molecular formula is C41H47N7O4. The molecule has 0 bridgehead atoms. The summed E-state index contributed by atoms with van der Waals surface area (Å²) in [6.07, 6.45) is 5.32. The number of hydrogen-bond acceptors (Lipinski definition) is 6. The number of aromatic nitrogens is 4. The van der Waals surface area contributed by atoms with Gasteiger partial charge in [0.2, 0.25) is 11.8 Å². The third kappa shape index (κ3) is 7.52. The minimum Gasteiger partial charge on any atom is -0.453 e. The lowest BCUT2D eigenvalue weighted by Gasteiger charge is -2.30. The highest BCUT2D eigenvalue weighted by Crippen LogP contribution is 2.33. The third-order valence-electron chi connectivity index (χ3n) is 9.95. The predicted octanol–water partition coefficient (Wildman–Crippen LogP) is 6.68. The van der Waals surface area contributed by atoms with Crippen LogP contribution in [0.25, 0.3) is 22.3 Å². The van der Waals surface area contributed by atoms with Gasteiger partial charge in [-0.15, -0.1) is 0 Å². The largest absolute Gasteiger partial charge is 0.453 e. The Kier molecular flexibility index (Phi) is 10.4. The molecule has 0 spiro atoms. The van der Waals surface area contributed by atoms with E-state index in [9.17, 15) is 14.4 Å². The van der Waals surface area contributed by atoms with Crippen molar-refractivity contribution in [1.82, 2.24) is 35.1 Å². The fourth-order valence-corrected chi connectivity index (χ4v) is 6.62. The molecular weight excluding hydrogens is 654 g/mol. The van der Waals surface area contributed by atoms with Crippen molar-refractivity contribution in [2.45, 2.75) is 66.6 Å². The van der Waals surface area contributed by atoms with Gasteiger partial charge in [0.05, 0.1) is 30.0 Å². The molecule has 4 heterocycles. The molecule has 0 radical (unpaired) electrons. The number of amides is 3. The van der Waals surface area contributed by atoms with Gasteiger partial charge in [0, 0.05) is 30.1 Å². The smallest absolute Gasteiger partial charge is 0.407 e.